The maximum atomic E-state index is 13.0. The number of nitrogens with one attached hydrogen (secondary N) is 1. The highest BCUT2D eigenvalue weighted by Crippen LogP contribution is 2.31. The van der Waals surface area contributed by atoms with Gasteiger partial charge in [0.2, 0.25) is 0 Å². The number of anilines is 1. The molecule has 0 unspecified atom stereocenters. The molecular weight excluding hydrogens is 348 g/mol. The lowest BCUT2D eigenvalue weighted by molar-refractivity contribution is -0.131. The normalized spacial score (nSPS) is 10.8. The van der Waals surface area contributed by atoms with Crippen LogP contribution in [0.3, 0.4) is 0 Å². The molecule has 0 bridgehead atoms. The Morgan fingerprint density at radius 3 is 1.96 bits per heavy atom. The summed E-state index contributed by atoms with van der Waals surface area (Å²) in [6.45, 7) is 0. The molecule has 0 heterocycles. The van der Waals surface area contributed by atoms with Gasteiger partial charge >= 0.3 is 0 Å². The molecule has 3 aromatic carbocycles. The van der Waals surface area contributed by atoms with Crippen LogP contribution in [0.25, 0.3) is 0 Å². The Labute approximate surface area is 156 Å². The number of aliphatic hydroxyl groups is 1. The number of amides is 1. The van der Waals surface area contributed by atoms with Crippen LogP contribution in [0.4, 0.5) is 5.69 Å². The highest BCUT2D eigenvalue weighted by atomic mass is 35.5. The van der Waals surface area contributed by atoms with Crippen LogP contribution < -0.4 is 5.32 Å². The zero-order valence-electron chi connectivity index (χ0n) is 13.7. The molecule has 128 valence electrons. The number of rotatable bonds is 4. The first-order valence-corrected chi connectivity index (χ1v) is 8.28. The molecular formula is C21H15ClN2O2. The molecule has 0 spiro atoms. The van der Waals surface area contributed by atoms with Gasteiger partial charge in [-0.25, -0.2) is 0 Å². The van der Waals surface area contributed by atoms with E-state index >= 15 is 0 Å². The summed E-state index contributed by atoms with van der Waals surface area (Å²) < 4.78 is 0. The highest BCUT2D eigenvalue weighted by Gasteiger charge is 2.39. The third kappa shape index (κ3) is 3.31. The van der Waals surface area contributed by atoms with Crippen LogP contribution in [0, 0.1) is 11.3 Å². The van der Waals surface area contributed by atoms with Gasteiger partial charge in [-0.15, -0.1) is 0 Å². The maximum Gasteiger partial charge on any atom is 0.265 e. The second-order valence-electron chi connectivity index (χ2n) is 5.70. The molecule has 26 heavy (non-hydrogen) atoms. The van der Waals surface area contributed by atoms with Crippen molar-refractivity contribution in [1.82, 2.24) is 0 Å². The predicted octanol–water partition coefficient (Wildman–Crippen LogP) is 4.09. The molecule has 3 aromatic rings. The Morgan fingerprint density at radius 1 is 0.962 bits per heavy atom. The van der Waals surface area contributed by atoms with E-state index in [4.69, 9.17) is 16.9 Å². The van der Waals surface area contributed by atoms with E-state index < -0.39 is 11.5 Å². The maximum absolute atomic E-state index is 13.0. The summed E-state index contributed by atoms with van der Waals surface area (Å²) >= 11 is 6.02. The van der Waals surface area contributed by atoms with Crippen molar-refractivity contribution in [3.63, 3.8) is 0 Å². The molecule has 0 aliphatic carbocycles. The minimum atomic E-state index is -1.87. The van der Waals surface area contributed by atoms with E-state index in [-0.39, 0.29) is 5.02 Å². The standard InChI is InChI=1S/C21H15ClN2O2/c22-19-13-18(12-11-15(19)14-23)24-20(25)21(26,16-7-3-1-4-8-16)17-9-5-2-6-10-17/h1-13,26H,(H,24,25). The summed E-state index contributed by atoms with van der Waals surface area (Å²) in [7, 11) is 0. The van der Waals surface area contributed by atoms with Crippen molar-refractivity contribution >= 4 is 23.2 Å². The first-order chi connectivity index (χ1) is 12.6. The van der Waals surface area contributed by atoms with Crippen molar-refractivity contribution in [2.45, 2.75) is 5.60 Å². The molecule has 3 rings (SSSR count). The topological polar surface area (TPSA) is 73.1 Å². The van der Waals surface area contributed by atoms with E-state index in [9.17, 15) is 9.90 Å². The van der Waals surface area contributed by atoms with Crippen LogP contribution in [0.1, 0.15) is 16.7 Å². The van der Waals surface area contributed by atoms with Crippen molar-refractivity contribution in [1.29, 1.82) is 5.26 Å². The molecule has 0 saturated carbocycles. The summed E-state index contributed by atoms with van der Waals surface area (Å²) in [5, 5.41) is 23.2. The first kappa shape index (κ1) is 17.7. The van der Waals surface area contributed by atoms with Gasteiger partial charge in [0.1, 0.15) is 6.07 Å². The monoisotopic (exact) mass is 362 g/mol. The van der Waals surface area contributed by atoms with E-state index in [0.29, 0.717) is 22.4 Å². The fourth-order valence-corrected chi connectivity index (χ4v) is 2.92. The Balaban J connectivity index is 2.02. The second kappa shape index (κ2) is 7.40. The van der Waals surface area contributed by atoms with Crippen LogP contribution in [-0.4, -0.2) is 11.0 Å². The largest absolute Gasteiger partial charge is 0.372 e. The van der Waals surface area contributed by atoms with Crippen molar-refractivity contribution in [3.05, 3.63) is 101 Å². The van der Waals surface area contributed by atoms with Crippen LogP contribution in [0.5, 0.6) is 0 Å². The molecule has 0 fully saturated rings. The number of carbonyl (C=O) groups excluding carboxylic acids is 1. The Hall–Kier alpha value is -3.13. The average Bonchev–Trinajstić information content (AvgIpc) is 2.69. The SMILES string of the molecule is N#Cc1ccc(NC(=O)C(O)(c2ccccc2)c2ccccc2)cc1Cl. The van der Waals surface area contributed by atoms with Gasteiger partial charge in [0.15, 0.2) is 5.60 Å². The summed E-state index contributed by atoms with van der Waals surface area (Å²) in [5.41, 5.74) is -0.273. The molecule has 0 radical (unpaired) electrons. The molecule has 0 aliphatic heterocycles. The molecule has 0 saturated heterocycles. The smallest absolute Gasteiger partial charge is 0.265 e. The fraction of sp³-hybridized carbons (Fsp3) is 0.0476. The number of hydrogen-bond acceptors (Lipinski definition) is 3. The molecule has 2 N–H and O–H groups in total. The number of carbonyl (C=O) groups is 1. The van der Waals surface area contributed by atoms with Gasteiger partial charge in [-0.2, -0.15) is 5.26 Å². The number of halogens is 1. The molecule has 5 heteroatoms. The summed E-state index contributed by atoms with van der Waals surface area (Å²) in [4.78, 5) is 13.0. The quantitative estimate of drug-likeness (QED) is 0.734. The Morgan fingerprint density at radius 2 is 1.50 bits per heavy atom. The number of nitrogens with zero attached hydrogens (tertiary/aromatic N) is 1. The van der Waals surface area contributed by atoms with Gasteiger partial charge in [-0.05, 0) is 29.3 Å². The van der Waals surface area contributed by atoms with E-state index in [0.717, 1.165) is 0 Å². The van der Waals surface area contributed by atoms with E-state index in [1.54, 1.807) is 54.6 Å². The first-order valence-electron chi connectivity index (χ1n) is 7.90. The molecule has 0 aliphatic rings. The lowest BCUT2D eigenvalue weighted by Crippen LogP contribution is -2.41. The number of hydrogen-bond donors (Lipinski definition) is 2. The van der Waals surface area contributed by atoms with E-state index in [1.807, 2.05) is 18.2 Å². The van der Waals surface area contributed by atoms with Gasteiger partial charge in [0, 0.05) is 5.69 Å². The second-order valence-corrected chi connectivity index (χ2v) is 6.11. The van der Waals surface area contributed by atoms with Crippen LogP contribution in [0.2, 0.25) is 5.02 Å². The predicted molar refractivity (Wildman–Crippen MR) is 101 cm³/mol. The van der Waals surface area contributed by atoms with E-state index in [1.165, 1.54) is 12.1 Å². The zero-order chi connectivity index (χ0) is 18.6. The molecule has 1 amide bonds. The van der Waals surface area contributed by atoms with Gasteiger partial charge < -0.3 is 10.4 Å². The summed E-state index contributed by atoms with van der Waals surface area (Å²) in [6, 6.07) is 24.0. The number of nitriles is 1. The summed E-state index contributed by atoms with van der Waals surface area (Å²) in [5.74, 6) is -0.615. The van der Waals surface area contributed by atoms with Crippen molar-refractivity contribution < 1.29 is 9.90 Å². The molecule has 0 aromatic heterocycles. The minimum Gasteiger partial charge on any atom is -0.372 e. The highest BCUT2D eigenvalue weighted by molar-refractivity contribution is 6.32. The number of benzene rings is 3. The van der Waals surface area contributed by atoms with Gasteiger partial charge in [-0.1, -0.05) is 72.3 Å². The fourth-order valence-electron chi connectivity index (χ4n) is 2.69. The van der Waals surface area contributed by atoms with Gasteiger partial charge in [0.05, 0.1) is 10.6 Å². The van der Waals surface area contributed by atoms with Crippen molar-refractivity contribution in [2.24, 2.45) is 0 Å². The average molecular weight is 363 g/mol. The molecule has 4 nitrogen and oxygen atoms in total. The van der Waals surface area contributed by atoms with E-state index in [2.05, 4.69) is 5.32 Å². The van der Waals surface area contributed by atoms with Crippen molar-refractivity contribution in [3.8, 4) is 6.07 Å². The van der Waals surface area contributed by atoms with Gasteiger partial charge in [0.25, 0.3) is 5.91 Å². The third-order valence-electron chi connectivity index (χ3n) is 4.06. The third-order valence-corrected chi connectivity index (χ3v) is 4.37. The lowest BCUT2D eigenvalue weighted by Gasteiger charge is -2.28. The summed E-state index contributed by atoms with van der Waals surface area (Å²) in [6.07, 6.45) is 0. The van der Waals surface area contributed by atoms with Crippen LogP contribution in [-0.2, 0) is 10.4 Å². The van der Waals surface area contributed by atoms with Crippen LogP contribution in [0.15, 0.2) is 78.9 Å². The molecule has 0 atom stereocenters. The minimum absolute atomic E-state index is 0.230. The zero-order valence-corrected chi connectivity index (χ0v) is 14.4. The Kier molecular flexibility index (Phi) is 5.04. The van der Waals surface area contributed by atoms with Gasteiger partial charge in [-0.3, -0.25) is 4.79 Å². The lowest BCUT2D eigenvalue weighted by atomic mass is 9.85. The Bertz CT molecular complexity index is 927. The van der Waals surface area contributed by atoms with Crippen molar-refractivity contribution in [2.75, 3.05) is 5.32 Å². The van der Waals surface area contributed by atoms with Crippen LogP contribution >= 0.6 is 11.6 Å².